The van der Waals surface area contributed by atoms with E-state index in [1.807, 2.05) is 6.07 Å². The lowest BCUT2D eigenvalue weighted by molar-refractivity contribution is -0.385. The molecule has 5 heteroatoms. The van der Waals surface area contributed by atoms with Gasteiger partial charge in [-0.3, -0.25) is 10.1 Å². The summed E-state index contributed by atoms with van der Waals surface area (Å²) < 4.78 is 4.96. The maximum absolute atomic E-state index is 10.9. The minimum atomic E-state index is -0.434. The van der Waals surface area contributed by atoms with Crippen LogP contribution < -0.4 is 10.5 Å². The Bertz CT molecular complexity index is 419. The van der Waals surface area contributed by atoms with E-state index in [2.05, 4.69) is 13.8 Å². The molecular weight excluding hydrogens is 232 g/mol. The van der Waals surface area contributed by atoms with E-state index < -0.39 is 4.92 Å². The van der Waals surface area contributed by atoms with Crippen LogP contribution in [-0.4, -0.2) is 18.1 Å². The average Bonchev–Trinajstić information content (AvgIpc) is 2.27. The lowest BCUT2D eigenvalue weighted by Crippen LogP contribution is -2.24. The summed E-state index contributed by atoms with van der Waals surface area (Å²) in [5.41, 5.74) is 6.87. The van der Waals surface area contributed by atoms with Crippen LogP contribution >= 0.6 is 0 Å². The molecule has 0 radical (unpaired) electrons. The summed E-state index contributed by atoms with van der Waals surface area (Å²) in [6.45, 7) is 4.21. The minimum Gasteiger partial charge on any atom is -0.490 e. The van der Waals surface area contributed by atoms with Gasteiger partial charge < -0.3 is 10.5 Å². The molecule has 0 aliphatic heterocycles. The van der Waals surface area contributed by atoms with Crippen LogP contribution in [0, 0.1) is 16.0 Å². The number of nitrogens with two attached hydrogens (primary N) is 1. The fraction of sp³-hybridized carbons (Fsp3) is 0.538. The SMILES string of the molecule is COc1ccc(CC(N)CC(C)C)cc1[N+](=O)[O-]. The second-order valence-electron chi connectivity index (χ2n) is 4.86. The molecule has 0 fully saturated rings. The van der Waals surface area contributed by atoms with Gasteiger partial charge in [0.05, 0.1) is 12.0 Å². The van der Waals surface area contributed by atoms with Crippen LogP contribution in [0.2, 0.25) is 0 Å². The van der Waals surface area contributed by atoms with E-state index in [1.165, 1.54) is 7.11 Å². The second-order valence-corrected chi connectivity index (χ2v) is 4.86. The number of hydrogen-bond donors (Lipinski definition) is 1. The predicted molar refractivity (Wildman–Crippen MR) is 70.8 cm³/mol. The zero-order valence-electron chi connectivity index (χ0n) is 11.1. The van der Waals surface area contributed by atoms with Gasteiger partial charge in [0, 0.05) is 12.1 Å². The summed E-state index contributed by atoms with van der Waals surface area (Å²) in [5, 5.41) is 10.9. The molecule has 0 aromatic heterocycles. The summed E-state index contributed by atoms with van der Waals surface area (Å²) in [7, 11) is 1.42. The maximum Gasteiger partial charge on any atom is 0.311 e. The third-order valence-electron chi connectivity index (χ3n) is 2.71. The van der Waals surface area contributed by atoms with Crippen molar-refractivity contribution in [1.29, 1.82) is 0 Å². The standard InChI is InChI=1S/C13H20N2O3/c1-9(2)6-11(14)7-10-4-5-13(18-3)12(8-10)15(16)17/h4-5,8-9,11H,6-7,14H2,1-3H3. The Morgan fingerprint density at radius 2 is 2.11 bits per heavy atom. The fourth-order valence-corrected chi connectivity index (χ4v) is 2.00. The van der Waals surface area contributed by atoms with Gasteiger partial charge in [0.25, 0.3) is 0 Å². The van der Waals surface area contributed by atoms with Gasteiger partial charge in [-0.05, 0) is 30.4 Å². The van der Waals surface area contributed by atoms with Crippen molar-refractivity contribution in [1.82, 2.24) is 0 Å². The lowest BCUT2D eigenvalue weighted by Gasteiger charge is -2.14. The summed E-state index contributed by atoms with van der Waals surface area (Å²) in [6.07, 6.45) is 1.54. The van der Waals surface area contributed by atoms with Gasteiger partial charge in [0.1, 0.15) is 0 Å². The van der Waals surface area contributed by atoms with E-state index in [9.17, 15) is 10.1 Å². The summed E-state index contributed by atoms with van der Waals surface area (Å²) >= 11 is 0. The van der Waals surface area contributed by atoms with Gasteiger partial charge in [-0.1, -0.05) is 19.9 Å². The second kappa shape index (κ2) is 6.35. The van der Waals surface area contributed by atoms with Gasteiger partial charge >= 0.3 is 5.69 Å². The summed E-state index contributed by atoms with van der Waals surface area (Å²) in [5.74, 6) is 0.800. The van der Waals surface area contributed by atoms with Crippen LogP contribution in [0.15, 0.2) is 18.2 Å². The van der Waals surface area contributed by atoms with E-state index >= 15 is 0 Å². The first-order valence-electron chi connectivity index (χ1n) is 6.01. The van der Waals surface area contributed by atoms with Crippen molar-refractivity contribution in [2.45, 2.75) is 32.7 Å². The largest absolute Gasteiger partial charge is 0.490 e. The quantitative estimate of drug-likeness (QED) is 0.623. The van der Waals surface area contributed by atoms with E-state index in [1.54, 1.807) is 12.1 Å². The molecule has 0 heterocycles. The summed E-state index contributed by atoms with van der Waals surface area (Å²) in [6, 6.07) is 5.01. The first-order valence-corrected chi connectivity index (χ1v) is 6.01. The molecule has 1 atom stereocenters. The number of nitrogens with zero attached hydrogens (tertiary/aromatic N) is 1. The molecule has 18 heavy (non-hydrogen) atoms. The van der Waals surface area contributed by atoms with Crippen molar-refractivity contribution in [3.8, 4) is 5.75 Å². The van der Waals surface area contributed by atoms with Crippen molar-refractivity contribution in [3.05, 3.63) is 33.9 Å². The Morgan fingerprint density at radius 3 is 2.61 bits per heavy atom. The molecule has 1 unspecified atom stereocenters. The van der Waals surface area contributed by atoms with Crippen LogP contribution in [0.5, 0.6) is 5.75 Å². The van der Waals surface area contributed by atoms with Gasteiger partial charge in [0.15, 0.2) is 5.75 Å². The van der Waals surface area contributed by atoms with Crippen molar-refractivity contribution in [3.63, 3.8) is 0 Å². The number of benzene rings is 1. The molecule has 0 spiro atoms. The number of nitro benzene ring substituents is 1. The van der Waals surface area contributed by atoms with Gasteiger partial charge in [-0.2, -0.15) is 0 Å². The highest BCUT2D eigenvalue weighted by Crippen LogP contribution is 2.28. The van der Waals surface area contributed by atoms with Crippen LogP contribution in [0.4, 0.5) is 5.69 Å². The molecule has 1 aromatic carbocycles. The van der Waals surface area contributed by atoms with E-state index in [4.69, 9.17) is 10.5 Å². The molecule has 0 aliphatic carbocycles. The van der Waals surface area contributed by atoms with Gasteiger partial charge in [0.2, 0.25) is 0 Å². The van der Waals surface area contributed by atoms with Crippen LogP contribution in [0.3, 0.4) is 0 Å². The average molecular weight is 252 g/mol. The van der Waals surface area contributed by atoms with Gasteiger partial charge in [-0.15, -0.1) is 0 Å². The van der Waals surface area contributed by atoms with Crippen molar-refractivity contribution in [2.75, 3.05) is 7.11 Å². The molecule has 0 bridgehead atoms. The van der Waals surface area contributed by atoms with E-state index in [-0.39, 0.29) is 17.5 Å². The third kappa shape index (κ3) is 4.00. The molecule has 0 saturated heterocycles. The number of ether oxygens (including phenoxy) is 1. The highest BCUT2D eigenvalue weighted by Gasteiger charge is 2.16. The fourth-order valence-electron chi connectivity index (χ4n) is 2.00. The van der Waals surface area contributed by atoms with Crippen molar-refractivity contribution >= 4 is 5.69 Å². The number of methoxy groups -OCH3 is 1. The highest BCUT2D eigenvalue weighted by atomic mass is 16.6. The Labute approximate surface area is 107 Å². The summed E-state index contributed by atoms with van der Waals surface area (Å²) in [4.78, 5) is 10.5. The minimum absolute atomic E-state index is 0.00764. The van der Waals surface area contributed by atoms with Crippen LogP contribution in [-0.2, 0) is 6.42 Å². The maximum atomic E-state index is 10.9. The smallest absolute Gasteiger partial charge is 0.311 e. The first-order chi connectivity index (χ1) is 8.43. The molecule has 2 N–H and O–H groups in total. The van der Waals surface area contributed by atoms with Crippen LogP contribution in [0.1, 0.15) is 25.8 Å². The zero-order chi connectivity index (χ0) is 13.7. The van der Waals surface area contributed by atoms with E-state index in [0.29, 0.717) is 12.3 Å². The Balaban J connectivity index is 2.85. The zero-order valence-corrected chi connectivity index (χ0v) is 11.1. The highest BCUT2D eigenvalue weighted by molar-refractivity contribution is 5.48. The molecule has 1 aromatic rings. The van der Waals surface area contributed by atoms with Crippen molar-refractivity contribution in [2.24, 2.45) is 11.7 Å². The normalized spacial score (nSPS) is 12.5. The molecule has 5 nitrogen and oxygen atoms in total. The molecular formula is C13H20N2O3. The van der Waals surface area contributed by atoms with Crippen LogP contribution in [0.25, 0.3) is 0 Å². The number of rotatable bonds is 6. The van der Waals surface area contributed by atoms with E-state index in [0.717, 1.165) is 12.0 Å². The van der Waals surface area contributed by atoms with Crippen molar-refractivity contribution < 1.29 is 9.66 Å². The molecule has 0 saturated carbocycles. The Kier molecular flexibility index (Phi) is 5.09. The third-order valence-corrected chi connectivity index (χ3v) is 2.71. The first kappa shape index (κ1) is 14.4. The number of hydrogen-bond acceptors (Lipinski definition) is 4. The monoisotopic (exact) mass is 252 g/mol. The number of nitro groups is 1. The lowest BCUT2D eigenvalue weighted by atomic mass is 9.98. The Morgan fingerprint density at radius 1 is 1.44 bits per heavy atom. The predicted octanol–water partition coefficient (Wildman–Crippen LogP) is 2.52. The molecule has 100 valence electrons. The molecule has 1 rings (SSSR count). The van der Waals surface area contributed by atoms with Gasteiger partial charge in [-0.25, -0.2) is 0 Å². The molecule has 0 aliphatic rings. The molecule has 0 amide bonds. The Hall–Kier alpha value is -1.62. The topological polar surface area (TPSA) is 78.4 Å².